The number of carbonyl (C=O) groups excluding carboxylic acids is 4. The Hall–Kier alpha value is -3.33. The summed E-state index contributed by atoms with van der Waals surface area (Å²) < 4.78 is 52.9. The van der Waals surface area contributed by atoms with Crippen LogP contribution in [0.5, 0.6) is 0 Å². The lowest BCUT2D eigenvalue weighted by Gasteiger charge is -2.29. The zero-order valence-electron chi connectivity index (χ0n) is 19.4. The molecule has 4 rings (SSSR count). The van der Waals surface area contributed by atoms with E-state index in [1.807, 2.05) is 5.32 Å². The average molecular weight is 465 g/mol. The van der Waals surface area contributed by atoms with Crippen molar-refractivity contribution in [1.29, 1.82) is 0 Å². The van der Waals surface area contributed by atoms with Gasteiger partial charge in [0, 0.05) is 35.6 Å². The fraction of sp³-hybridized carbons (Fsp3) is 0.273. The molecule has 2 N–H and O–H groups in total. The fourth-order valence-electron chi connectivity index (χ4n) is 3.59. The van der Waals surface area contributed by atoms with Gasteiger partial charge in [0.25, 0.3) is 11.8 Å². The highest BCUT2D eigenvalue weighted by Crippen LogP contribution is 2.30. The maximum absolute atomic E-state index is 14.7. The van der Waals surface area contributed by atoms with E-state index in [0.29, 0.717) is 11.6 Å². The molecule has 2 aliphatic heterocycles. The second-order valence-corrected chi connectivity index (χ2v) is 7.75. The lowest BCUT2D eigenvalue weighted by molar-refractivity contribution is -0.147. The molecule has 0 bridgehead atoms. The van der Waals surface area contributed by atoms with Gasteiger partial charge >= 0.3 is 5.92 Å². The van der Waals surface area contributed by atoms with Crippen LogP contribution in [0.25, 0.3) is 0 Å². The van der Waals surface area contributed by atoms with Gasteiger partial charge in [-0.05, 0) is 35.7 Å². The highest BCUT2D eigenvalue weighted by Gasteiger charge is 2.41. The number of halogens is 3. The first kappa shape index (κ1) is 18.3. The molecule has 2 heterocycles. The number of piperidine rings is 1. The molecular weight excluding hydrogens is 444 g/mol. The molecule has 166 valence electrons. The van der Waals surface area contributed by atoms with Gasteiger partial charge in [-0.25, -0.2) is 0 Å². The maximum atomic E-state index is 14.7. The zero-order chi connectivity index (χ0) is 25.7. The lowest BCUT2D eigenvalue weighted by Crippen LogP contribution is -2.52. The summed E-state index contributed by atoms with van der Waals surface area (Å²) in [6, 6.07) is 3.57. The lowest BCUT2D eigenvalue weighted by atomic mass is 10.0. The second kappa shape index (κ2) is 8.31. The van der Waals surface area contributed by atoms with Gasteiger partial charge in [0.05, 0.1) is 4.11 Å². The molecule has 2 unspecified atom stereocenters. The second-order valence-electron chi connectivity index (χ2n) is 7.35. The molecule has 32 heavy (non-hydrogen) atoms. The summed E-state index contributed by atoms with van der Waals surface area (Å²) >= 11 is 5.66. The van der Waals surface area contributed by atoms with Gasteiger partial charge in [0.1, 0.15) is 6.04 Å². The average Bonchev–Trinajstić information content (AvgIpc) is 3.11. The van der Waals surface area contributed by atoms with E-state index in [0.717, 1.165) is 6.07 Å². The first-order chi connectivity index (χ1) is 16.4. The highest BCUT2D eigenvalue weighted by molar-refractivity contribution is 6.30. The Labute approximate surface area is 190 Å². The minimum Gasteiger partial charge on any atom is -0.346 e. The fourth-order valence-corrected chi connectivity index (χ4v) is 3.70. The molecule has 2 aliphatic rings. The standard InChI is InChI=1S/C22H18ClF2N3O4/c23-15-4-2-14(3-5-15)22(24,25)21(32)26-10-12-1-6-16-13(9-12)11-28(20(16)31)17-7-8-18(29)27-19(17)30/h1-6,9,17H,7-8,10-11H2,(H,26,32)(H,27,29,30)/i2D,5D,10D. The largest absolute Gasteiger partial charge is 0.349 e. The van der Waals surface area contributed by atoms with Gasteiger partial charge in [0.15, 0.2) is 0 Å². The van der Waals surface area contributed by atoms with Gasteiger partial charge < -0.3 is 10.2 Å². The van der Waals surface area contributed by atoms with Gasteiger partial charge in [-0.3, -0.25) is 24.5 Å². The zero-order valence-corrected chi connectivity index (χ0v) is 17.1. The number of nitrogens with zero attached hydrogens (tertiary/aromatic N) is 1. The van der Waals surface area contributed by atoms with Crippen LogP contribution in [-0.4, -0.2) is 34.6 Å². The Morgan fingerprint density at radius 1 is 1.28 bits per heavy atom. The van der Waals surface area contributed by atoms with Crippen LogP contribution in [0.1, 0.15) is 44.0 Å². The van der Waals surface area contributed by atoms with E-state index in [9.17, 15) is 28.0 Å². The number of benzene rings is 2. The highest BCUT2D eigenvalue weighted by atomic mass is 35.5. The van der Waals surface area contributed by atoms with Crippen molar-refractivity contribution < 1.29 is 32.1 Å². The third-order valence-electron chi connectivity index (χ3n) is 5.25. The summed E-state index contributed by atoms with van der Waals surface area (Å²) in [5.74, 6) is -7.48. The number of fused-ring (bicyclic) bond motifs is 1. The SMILES string of the molecule is [2H]c1cc(C(F)(F)C(=O)NC([2H])c2ccc3c(c2)CN(C2CCC(=O)NC2=O)C3=O)c([2H])cc1Cl. The molecule has 4 amide bonds. The van der Waals surface area contributed by atoms with E-state index in [-0.39, 0.29) is 35.5 Å². The minimum atomic E-state index is -4.20. The molecule has 10 heteroatoms. The van der Waals surface area contributed by atoms with E-state index in [1.54, 1.807) is 0 Å². The molecule has 0 aromatic heterocycles. The van der Waals surface area contributed by atoms with Crippen LogP contribution < -0.4 is 10.6 Å². The molecule has 2 aromatic rings. The number of imide groups is 1. The van der Waals surface area contributed by atoms with Gasteiger partial charge in [0.2, 0.25) is 11.8 Å². The van der Waals surface area contributed by atoms with Gasteiger partial charge in [-0.1, -0.05) is 35.8 Å². The molecular formula is C22H18ClF2N3O4. The predicted molar refractivity (Wildman–Crippen MR) is 110 cm³/mol. The molecule has 1 fully saturated rings. The Kier molecular flexibility index (Phi) is 4.74. The number of nitrogens with one attached hydrogen (secondary N) is 2. The van der Waals surface area contributed by atoms with Crippen LogP contribution in [0.4, 0.5) is 8.78 Å². The van der Waals surface area contributed by atoms with Crippen molar-refractivity contribution >= 4 is 35.2 Å². The molecule has 2 atom stereocenters. The predicted octanol–water partition coefficient (Wildman–Crippen LogP) is 2.51. The Balaban J connectivity index is 1.50. The molecule has 1 saturated heterocycles. The van der Waals surface area contributed by atoms with Gasteiger partial charge in [-0.2, -0.15) is 8.78 Å². The number of rotatable bonds is 5. The van der Waals surface area contributed by atoms with Crippen molar-refractivity contribution in [3.05, 3.63) is 69.7 Å². The van der Waals surface area contributed by atoms with Crippen molar-refractivity contribution in [2.75, 3.05) is 0 Å². The van der Waals surface area contributed by atoms with Gasteiger partial charge in [-0.15, -0.1) is 0 Å². The Bertz CT molecular complexity index is 1280. The Morgan fingerprint density at radius 3 is 2.81 bits per heavy atom. The third kappa shape index (κ3) is 4.08. The van der Waals surface area contributed by atoms with Crippen molar-refractivity contribution in [3.8, 4) is 0 Å². The first-order valence-electron chi connectivity index (χ1n) is 11.1. The van der Waals surface area contributed by atoms with Crippen LogP contribution in [0, 0.1) is 0 Å². The minimum absolute atomic E-state index is 0.0182. The van der Waals surface area contributed by atoms with Crippen molar-refractivity contribution in [2.24, 2.45) is 0 Å². The monoisotopic (exact) mass is 464 g/mol. The molecule has 0 saturated carbocycles. The quantitative estimate of drug-likeness (QED) is 0.665. The molecule has 7 nitrogen and oxygen atoms in total. The number of alkyl halides is 2. The summed E-state index contributed by atoms with van der Waals surface area (Å²) in [7, 11) is 0. The summed E-state index contributed by atoms with van der Waals surface area (Å²) in [5.41, 5.74) is -0.184. The molecule has 2 aromatic carbocycles. The maximum Gasteiger partial charge on any atom is 0.349 e. The first-order valence-corrected chi connectivity index (χ1v) is 9.93. The van der Waals surface area contributed by atoms with E-state index in [1.165, 1.54) is 23.1 Å². The van der Waals surface area contributed by atoms with Crippen LogP contribution in [0.2, 0.25) is 5.02 Å². The van der Waals surface area contributed by atoms with Crippen molar-refractivity contribution in [3.63, 3.8) is 0 Å². The van der Waals surface area contributed by atoms with Crippen LogP contribution in [-0.2, 0) is 33.4 Å². The normalized spacial score (nSPS) is 20.7. The number of carbonyl (C=O) groups is 4. The summed E-state index contributed by atoms with van der Waals surface area (Å²) in [6.45, 7) is -1.61. The third-order valence-corrected chi connectivity index (χ3v) is 5.47. The summed E-state index contributed by atoms with van der Waals surface area (Å²) in [5, 5.41) is 3.86. The summed E-state index contributed by atoms with van der Waals surface area (Å²) in [6.07, 6.45) is 0.262. The van der Waals surface area contributed by atoms with Crippen LogP contribution in [0.3, 0.4) is 0 Å². The van der Waals surface area contributed by atoms with Crippen LogP contribution >= 0.6 is 11.6 Å². The summed E-state index contributed by atoms with van der Waals surface area (Å²) in [4.78, 5) is 49.9. The number of hydrogen-bond acceptors (Lipinski definition) is 4. The van der Waals surface area contributed by atoms with E-state index >= 15 is 0 Å². The number of amides is 4. The van der Waals surface area contributed by atoms with E-state index in [4.69, 9.17) is 15.7 Å². The number of hydrogen-bond donors (Lipinski definition) is 2. The molecule has 0 aliphatic carbocycles. The van der Waals surface area contributed by atoms with E-state index in [2.05, 4.69) is 5.32 Å². The smallest absolute Gasteiger partial charge is 0.346 e. The van der Waals surface area contributed by atoms with Crippen LogP contribution in [0.15, 0.2) is 42.4 Å². The molecule has 0 radical (unpaired) electrons. The van der Waals surface area contributed by atoms with Crippen molar-refractivity contribution in [2.45, 2.75) is 37.9 Å². The topological polar surface area (TPSA) is 95.6 Å². The van der Waals surface area contributed by atoms with E-state index < -0.39 is 59.8 Å². The molecule has 0 spiro atoms. The van der Waals surface area contributed by atoms with Crippen molar-refractivity contribution in [1.82, 2.24) is 15.5 Å². The Morgan fingerprint density at radius 2 is 2.06 bits per heavy atom.